The fraction of sp³-hybridized carbons (Fsp3) is 0.267. The van der Waals surface area contributed by atoms with Crippen LogP contribution in [-0.2, 0) is 13.1 Å². The first kappa shape index (κ1) is 13.8. The molecule has 1 heterocycles. The highest BCUT2D eigenvalue weighted by Crippen LogP contribution is 2.27. The van der Waals surface area contributed by atoms with Crippen molar-refractivity contribution in [3.8, 4) is 0 Å². The molecule has 2 aromatic rings. The topological polar surface area (TPSA) is 28.2 Å². The lowest BCUT2D eigenvalue weighted by molar-refractivity contribution is 0.805. The molecular weight excluding hydrogens is 258 g/mol. The highest BCUT2D eigenvalue weighted by molar-refractivity contribution is 6.31. The van der Waals surface area contributed by atoms with Crippen molar-refractivity contribution in [1.29, 1.82) is 0 Å². The minimum Gasteiger partial charge on any atom is -0.370 e. The SMILES string of the molecule is CNCc1c(Cl)cccc1N(C)Cc1ccncc1. The minimum absolute atomic E-state index is 0.760. The summed E-state index contributed by atoms with van der Waals surface area (Å²) in [6.45, 7) is 1.59. The van der Waals surface area contributed by atoms with Gasteiger partial charge < -0.3 is 10.2 Å². The Bertz CT molecular complexity index is 528. The van der Waals surface area contributed by atoms with E-state index in [1.807, 2.05) is 43.7 Å². The molecule has 1 aromatic heterocycles. The van der Waals surface area contributed by atoms with Crippen molar-refractivity contribution in [1.82, 2.24) is 10.3 Å². The number of hydrogen-bond donors (Lipinski definition) is 1. The number of anilines is 1. The van der Waals surface area contributed by atoms with Crippen LogP contribution in [0.1, 0.15) is 11.1 Å². The molecule has 0 saturated heterocycles. The maximum absolute atomic E-state index is 6.28. The van der Waals surface area contributed by atoms with E-state index in [0.717, 1.165) is 29.4 Å². The Morgan fingerprint density at radius 1 is 1.21 bits per heavy atom. The zero-order valence-corrected chi connectivity index (χ0v) is 12.0. The van der Waals surface area contributed by atoms with E-state index in [2.05, 4.69) is 28.3 Å². The zero-order chi connectivity index (χ0) is 13.7. The zero-order valence-electron chi connectivity index (χ0n) is 11.2. The third-order valence-corrected chi connectivity index (χ3v) is 3.38. The van der Waals surface area contributed by atoms with E-state index in [0.29, 0.717) is 0 Å². The van der Waals surface area contributed by atoms with Gasteiger partial charge in [0.15, 0.2) is 0 Å². The molecule has 0 unspecified atom stereocenters. The Hall–Kier alpha value is -1.58. The van der Waals surface area contributed by atoms with Gasteiger partial charge in [-0.05, 0) is 36.9 Å². The van der Waals surface area contributed by atoms with Crippen LogP contribution < -0.4 is 10.2 Å². The Balaban J connectivity index is 2.23. The number of halogens is 1. The minimum atomic E-state index is 0.760. The van der Waals surface area contributed by atoms with Crippen LogP contribution in [0.3, 0.4) is 0 Å². The summed E-state index contributed by atoms with van der Waals surface area (Å²) >= 11 is 6.28. The second-order valence-electron chi connectivity index (χ2n) is 4.48. The normalized spacial score (nSPS) is 10.5. The molecule has 0 saturated carbocycles. The van der Waals surface area contributed by atoms with Crippen LogP contribution in [-0.4, -0.2) is 19.1 Å². The predicted octanol–water partition coefficient (Wildman–Crippen LogP) is 3.09. The predicted molar refractivity (Wildman–Crippen MR) is 80.6 cm³/mol. The lowest BCUT2D eigenvalue weighted by atomic mass is 10.1. The van der Waals surface area contributed by atoms with Crippen molar-refractivity contribution in [2.75, 3.05) is 19.0 Å². The van der Waals surface area contributed by atoms with Crippen molar-refractivity contribution in [2.24, 2.45) is 0 Å². The molecule has 19 heavy (non-hydrogen) atoms. The average molecular weight is 276 g/mol. The fourth-order valence-electron chi connectivity index (χ4n) is 2.10. The average Bonchev–Trinajstić information content (AvgIpc) is 2.42. The molecule has 0 spiro atoms. The Kier molecular flexibility index (Phi) is 4.77. The van der Waals surface area contributed by atoms with Crippen LogP contribution in [0.5, 0.6) is 0 Å². The highest BCUT2D eigenvalue weighted by atomic mass is 35.5. The van der Waals surface area contributed by atoms with E-state index < -0.39 is 0 Å². The van der Waals surface area contributed by atoms with Gasteiger partial charge in [-0.15, -0.1) is 0 Å². The number of benzene rings is 1. The summed E-state index contributed by atoms with van der Waals surface area (Å²) in [5.74, 6) is 0. The summed E-state index contributed by atoms with van der Waals surface area (Å²) in [6.07, 6.45) is 3.63. The van der Waals surface area contributed by atoms with Crippen LogP contribution in [0.15, 0.2) is 42.7 Å². The first-order chi connectivity index (χ1) is 9.22. The van der Waals surface area contributed by atoms with Crippen molar-refractivity contribution in [2.45, 2.75) is 13.1 Å². The van der Waals surface area contributed by atoms with Gasteiger partial charge in [-0.3, -0.25) is 4.98 Å². The standard InChI is InChI=1S/C15H18ClN3/c1-17-10-13-14(16)4-3-5-15(13)19(2)11-12-6-8-18-9-7-12/h3-9,17H,10-11H2,1-2H3. The molecule has 0 atom stereocenters. The lowest BCUT2D eigenvalue weighted by Gasteiger charge is -2.23. The van der Waals surface area contributed by atoms with E-state index in [1.165, 1.54) is 5.56 Å². The van der Waals surface area contributed by atoms with Crippen molar-refractivity contribution < 1.29 is 0 Å². The van der Waals surface area contributed by atoms with Crippen LogP contribution in [0.2, 0.25) is 5.02 Å². The van der Waals surface area contributed by atoms with Crippen molar-refractivity contribution in [3.63, 3.8) is 0 Å². The Labute approximate surface area is 119 Å². The van der Waals surface area contributed by atoms with Gasteiger partial charge in [0, 0.05) is 48.8 Å². The summed E-state index contributed by atoms with van der Waals surface area (Å²) in [5.41, 5.74) is 3.51. The van der Waals surface area contributed by atoms with Crippen LogP contribution >= 0.6 is 11.6 Å². The lowest BCUT2D eigenvalue weighted by Crippen LogP contribution is -2.19. The molecular formula is C15H18ClN3. The number of nitrogens with zero attached hydrogens (tertiary/aromatic N) is 2. The summed E-state index contributed by atoms with van der Waals surface area (Å²) in [7, 11) is 4.00. The third kappa shape index (κ3) is 3.46. The number of rotatable bonds is 5. The van der Waals surface area contributed by atoms with Gasteiger partial charge in [0.2, 0.25) is 0 Å². The number of nitrogens with one attached hydrogen (secondary N) is 1. The summed E-state index contributed by atoms with van der Waals surface area (Å²) in [6, 6.07) is 10.1. The van der Waals surface area contributed by atoms with E-state index in [1.54, 1.807) is 0 Å². The molecule has 3 nitrogen and oxygen atoms in total. The second kappa shape index (κ2) is 6.55. The molecule has 4 heteroatoms. The largest absolute Gasteiger partial charge is 0.370 e. The quantitative estimate of drug-likeness (QED) is 0.909. The smallest absolute Gasteiger partial charge is 0.0471 e. The number of aromatic nitrogens is 1. The van der Waals surface area contributed by atoms with Gasteiger partial charge >= 0.3 is 0 Å². The first-order valence-corrected chi connectivity index (χ1v) is 6.62. The van der Waals surface area contributed by atoms with E-state index >= 15 is 0 Å². The third-order valence-electron chi connectivity index (χ3n) is 3.03. The van der Waals surface area contributed by atoms with Gasteiger partial charge in [0.05, 0.1) is 0 Å². The molecule has 0 fully saturated rings. The molecule has 1 aromatic carbocycles. The maximum Gasteiger partial charge on any atom is 0.0471 e. The number of pyridine rings is 1. The Morgan fingerprint density at radius 2 is 1.95 bits per heavy atom. The van der Waals surface area contributed by atoms with Gasteiger partial charge in [0.25, 0.3) is 0 Å². The molecule has 100 valence electrons. The van der Waals surface area contributed by atoms with Gasteiger partial charge in [-0.2, -0.15) is 0 Å². The van der Waals surface area contributed by atoms with Crippen molar-refractivity contribution >= 4 is 17.3 Å². The molecule has 0 aliphatic carbocycles. The molecule has 0 amide bonds. The monoisotopic (exact) mass is 275 g/mol. The van der Waals surface area contributed by atoms with Crippen molar-refractivity contribution in [3.05, 3.63) is 58.9 Å². The van der Waals surface area contributed by atoms with E-state index in [9.17, 15) is 0 Å². The molecule has 0 aliphatic rings. The van der Waals surface area contributed by atoms with Crippen LogP contribution in [0, 0.1) is 0 Å². The number of hydrogen-bond acceptors (Lipinski definition) is 3. The van der Waals surface area contributed by atoms with E-state index in [4.69, 9.17) is 11.6 Å². The van der Waals surface area contributed by atoms with Crippen LogP contribution in [0.25, 0.3) is 0 Å². The van der Waals surface area contributed by atoms with Gasteiger partial charge in [0.1, 0.15) is 0 Å². The summed E-state index contributed by atoms with van der Waals surface area (Å²) < 4.78 is 0. The Morgan fingerprint density at radius 3 is 2.63 bits per heavy atom. The van der Waals surface area contributed by atoms with Gasteiger partial charge in [-0.1, -0.05) is 17.7 Å². The molecule has 1 N–H and O–H groups in total. The fourth-order valence-corrected chi connectivity index (χ4v) is 2.34. The summed E-state index contributed by atoms with van der Waals surface area (Å²) in [5, 5.41) is 3.96. The maximum atomic E-state index is 6.28. The highest BCUT2D eigenvalue weighted by Gasteiger charge is 2.10. The second-order valence-corrected chi connectivity index (χ2v) is 4.89. The van der Waals surface area contributed by atoms with E-state index in [-0.39, 0.29) is 0 Å². The summed E-state index contributed by atoms with van der Waals surface area (Å²) in [4.78, 5) is 6.24. The molecule has 0 radical (unpaired) electrons. The van der Waals surface area contributed by atoms with Gasteiger partial charge in [-0.25, -0.2) is 0 Å². The molecule has 0 aliphatic heterocycles. The molecule has 0 bridgehead atoms. The molecule has 2 rings (SSSR count). The van der Waals surface area contributed by atoms with Crippen LogP contribution in [0.4, 0.5) is 5.69 Å². The first-order valence-electron chi connectivity index (χ1n) is 6.24.